The topological polar surface area (TPSA) is 0 Å². The summed E-state index contributed by atoms with van der Waals surface area (Å²) in [5.74, 6) is 1.09. The van der Waals surface area contributed by atoms with Crippen molar-refractivity contribution in [1.29, 1.82) is 0 Å². The molecule has 0 spiro atoms. The van der Waals surface area contributed by atoms with E-state index < -0.39 is 0 Å². The highest BCUT2D eigenvalue weighted by molar-refractivity contribution is 4.89. The zero-order chi connectivity index (χ0) is 12.7. The molecular weight excluding hydrogens is 216 g/mol. The molecule has 0 atom stereocenters. The van der Waals surface area contributed by atoms with Crippen LogP contribution in [0.15, 0.2) is 0 Å². The average Bonchev–Trinajstić information content (AvgIpc) is 2.80. The predicted octanol–water partition coefficient (Wildman–Crippen LogP) is 6.49. The Labute approximate surface area is 115 Å². The largest absolute Gasteiger partial charge is 0.0654 e. The molecule has 0 heteroatoms. The second kappa shape index (κ2) is 7.56. The van der Waals surface area contributed by atoms with Crippen LogP contribution in [0.3, 0.4) is 0 Å². The van der Waals surface area contributed by atoms with Crippen LogP contribution in [0.25, 0.3) is 0 Å². The highest BCUT2D eigenvalue weighted by Crippen LogP contribution is 2.50. The lowest BCUT2D eigenvalue weighted by Crippen LogP contribution is -2.30. The predicted molar refractivity (Wildman–Crippen MR) is 80.9 cm³/mol. The maximum atomic E-state index is 2.37. The van der Waals surface area contributed by atoms with E-state index in [1.54, 1.807) is 32.1 Å². The second-order valence-corrected chi connectivity index (χ2v) is 7.07. The van der Waals surface area contributed by atoms with Crippen LogP contribution in [0.4, 0.5) is 0 Å². The minimum atomic E-state index is 0.775. The molecule has 0 bridgehead atoms. The Morgan fingerprint density at radius 3 is 1.89 bits per heavy atom. The molecule has 18 heavy (non-hydrogen) atoms. The van der Waals surface area contributed by atoms with E-state index in [4.69, 9.17) is 0 Å². The van der Waals surface area contributed by atoms with Crippen molar-refractivity contribution in [3.05, 3.63) is 0 Å². The Morgan fingerprint density at radius 1 is 0.778 bits per heavy atom. The van der Waals surface area contributed by atoms with E-state index in [1.165, 1.54) is 64.2 Å². The number of hydrogen-bond acceptors (Lipinski definition) is 0. The van der Waals surface area contributed by atoms with Crippen LogP contribution in [0.5, 0.6) is 0 Å². The molecule has 2 fully saturated rings. The maximum absolute atomic E-state index is 2.37. The molecule has 0 nitrogen and oxygen atoms in total. The van der Waals surface area contributed by atoms with Gasteiger partial charge in [0.2, 0.25) is 0 Å². The molecule has 2 aliphatic carbocycles. The van der Waals surface area contributed by atoms with Gasteiger partial charge >= 0.3 is 0 Å². The van der Waals surface area contributed by atoms with Gasteiger partial charge in [0.05, 0.1) is 0 Å². The fourth-order valence-corrected chi connectivity index (χ4v) is 4.72. The van der Waals surface area contributed by atoms with Crippen LogP contribution in [-0.4, -0.2) is 0 Å². The Balaban J connectivity index is 2.05. The first-order chi connectivity index (χ1) is 8.87. The van der Waals surface area contributed by atoms with E-state index >= 15 is 0 Å². The van der Waals surface area contributed by atoms with E-state index in [0.29, 0.717) is 0 Å². The van der Waals surface area contributed by atoms with Crippen molar-refractivity contribution in [1.82, 2.24) is 0 Å². The zero-order valence-electron chi connectivity index (χ0n) is 12.7. The highest BCUT2D eigenvalue weighted by atomic mass is 14.4. The summed E-state index contributed by atoms with van der Waals surface area (Å²) in [6.07, 6.45) is 22.8. The lowest BCUT2D eigenvalue weighted by molar-refractivity contribution is 0.0987. The van der Waals surface area contributed by atoms with E-state index in [9.17, 15) is 0 Å². The van der Waals surface area contributed by atoms with Gasteiger partial charge in [-0.1, -0.05) is 71.1 Å². The summed E-state index contributed by atoms with van der Waals surface area (Å²) < 4.78 is 0. The summed E-state index contributed by atoms with van der Waals surface area (Å²) in [4.78, 5) is 0. The number of rotatable bonds is 4. The first-order valence-electron chi connectivity index (χ1n) is 8.87. The van der Waals surface area contributed by atoms with Crippen molar-refractivity contribution >= 4 is 0 Å². The van der Waals surface area contributed by atoms with Crippen LogP contribution >= 0.6 is 0 Å². The second-order valence-electron chi connectivity index (χ2n) is 7.07. The third-order valence-corrected chi connectivity index (χ3v) is 5.85. The molecule has 0 unspecified atom stereocenters. The molecular formula is C18H34. The van der Waals surface area contributed by atoms with E-state index in [1.807, 2.05) is 0 Å². The summed E-state index contributed by atoms with van der Waals surface area (Å²) in [5.41, 5.74) is 0.775. The Bertz CT molecular complexity index is 202. The van der Waals surface area contributed by atoms with Gasteiger partial charge in [-0.3, -0.25) is 0 Å². The van der Waals surface area contributed by atoms with Gasteiger partial charge in [0.15, 0.2) is 0 Å². The SMILES string of the molecule is CCCCC1(C2CCCCCC2)CCCCCC1. The van der Waals surface area contributed by atoms with Crippen LogP contribution in [-0.2, 0) is 0 Å². The van der Waals surface area contributed by atoms with Crippen LogP contribution < -0.4 is 0 Å². The molecule has 0 radical (unpaired) electrons. The maximum Gasteiger partial charge on any atom is -0.0269 e. The van der Waals surface area contributed by atoms with E-state index in [0.717, 1.165) is 11.3 Å². The summed E-state index contributed by atoms with van der Waals surface area (Å²) in [7, 11) is 0. The molecule has 0 aromatic rings. The molecule has 0 aliphatic heterocycles. The van der Waals surface area contributed by atoms with Crippen molar-refractivity contribution < 1.29 is 0 Å². The van der Waals surface area contributed by atoms with Crippen LogP contribution in [0.2, 0.25) is 0 Å². The van der Waals surface area contributed by atoms with Crippen LogP contribution in [0.1, 0.15) is 103 Å². The minimum Gasteiger partial charge on any atom is -0.0654 e. The third kappa shape index (κ3) is 3.75. The number of unbranched alkanes of at least 4 members (excludes halogenated alkanes) is 1. The quantitative estimate of drug-likeness (QED) is 0.500. The van der Waals surface area contributed by atoms with Gasteiger partial charge < -0.3 is 0 Å². The van der Waals surface area contributed by atoms with Gasteiger partial charge in [0.1, 0.15) is 0 Å². The standard InChI is InChI=1S/C18H34/c1-2-3-14-18(15-10-6-7-11-16-18)17-12-8-4-5-9-13-17/h17H,2-16H2,1H3. The fraction of sp³-hybridized carbons (Fsp3) is 1.00. The van der Waals surface area contributed by atoms with Crippen molar-refractivity contribution in [3.8, 4) is 0 Å². The highest BCUT2D eigenvalue weighted by Gasteiger charge is 2.37. The molecule has 2 aliphatic rings. The van der Waals surface area contributed by atoms with Gasteiger partial charge in [-0.25, -0.2) is 0 Å². The zero-order valence-corrected chi connectivity index (χ0v) is 12.7. The van der Waals surface area contributed by atoms with E-state index in [2.05, 4.69) is 6.92 Å². The third-order valence-electron chi connectivity index (χ3n) is 5.85. The fourth-order valence-electron chi connectivity index (χ4n) is 4.72. The Morgan fingerprint density at radius 2 is 1.33 bits per heavy atom. The molecule has 0 amide bonds. The summed E-state index contributed by atoms with van der Waals surface area (Å²) in [5, 5.41) is 0. The van der Waals surface area contributed by atoms with Crippen molar-refractivity contribution in [3.63, 3.8) is 0 Å². The first kappa shape index (κ1) is 14.4. The van der Waals surface area contributed by atoms with Gasteiger partial charge in [0.25, 0.3) is 0 Å². The Kier molecular flexibility index (Phi) is 6.05. The molecule has 2 saturated carbocycles. The summed E-state index contributed by atoms with van der Waals surface area (Å²) in [6.45, 7) is 2.37. The molecule has 0 aromatic heterocycles. The van der Waals surface area contributed by atoms with Crippen molar-refractivity contribution in [2.24, 2.45) is 11.3 Å². The van der Waals surface area contributed by atoms with Gasteiger partial charge in [0, 0.05) is 0 Å². The summed E-state index contributed by atoms with van der Waals surface area (Å²) in [6, 6.07) is 0. The summed E-state index contributed by atoms with van der Waals surface area (Å²) >= 11 is 0. The van der Waals surface area contributed by atoms with Gasteiger partial charge in [-0.2, -0.15) is 0 Å². The number of hydrogen-bond donors (Lipinski definition) is 0. The van der Waals surface area contributed by atoms with E-state index in [-0.39, 0.29) is 0 Å². The Hall–Kier alpha value is 0. The van der Waals surface area contributed by atoms with Crippen LogP contribution in [0, 0.1) is 11.3 Å². The van der Waals surface area contributed by atoms with Gasteiger partial charge in [-0.05, 0) is 43.4 Å². The molecule has 0 aromatic carbocycles. The molecule has 0 saturated heterocycles. The minimum absolute atomic E-state index is 0.775. The van der Waals surface area contributed by atoms with Gasteiger partial charge in [-0.15, -0.1) is 0 Å². The average molecular weight is 250 g/mol. The first-order valence-corrected chi connectivity index (χ1v) is 8.87. The van der Waals surface area contributed by atoms with Crippen molar-refractivity contribution in [2.75, 3.05) is 0 Å². The lowest BCUT2D eigenvalue weighted by atomic mass is 9.64. The monoisotopic (exact) mass is 250 g/mol. The smallest absolute Gasteiger partial charge is 0.0269 e. The molecule has 106 valence electrons. The van der Waals surface area contributed by atoms with Crippen molar-refractivity contribution in [2.45, 2.75) is 103 Å². The normalized spacial score (nSPS) is 26.5. The molecule has 0 heterocycles. The lowest BCUT2D eigenvalue weighted by Gasteiger charge is -2.41. The molecule has 2 rings (SSSR count). The molecule has 0 N–H and O–H groups in total.